The smallest absolute Gasteiger partial charge is 0.120 e. The number of para-hydroxylation sites is 3. The molecule has 6 aromatic carbocycles. The summed E-state index contributed by atoms with van der Waals surface area (Å²) in [6.45, 7) is 16.1. The molecule has 9 aromatic rings. The number of nitrogens with zero attached hydrogens (tertiary/aromatic N) is 3. The summed E-state index contributed by atoms with van der Waals surface area (Å²) in [5.74, 6) is 2.25. The van der Waals surface area contributed by atoms with Crippen LogP contribution in [0.4, 0.5) is 0 Å². The minimum Gasteiger partial charge on any atom is -0.501 e. The molecule has 0 unspecified atom stereocenters. The van der Waals surface area contributed by atoms with Gasteiger partial charge in [-0.3, -0.25) is 4.98 Å². The average Bonchev–Trinajstić information content (AvgIpc) is 4.02. The minimum atomic E-state index is -1.37. The van der Waals surface area contributed by atoms with Crippen molar-refractivity contribution in [2.75, 3.05) is 0 Å². The van der Waals surface area contributed by atoms with Gasteiger partial charge in [-0.05, 0) is 89.7 Å². The molecule has 62 heavy (non-hydrogen) atoms. The number of imidazole rings is 1. The molecule has 0 amide bonds. The van der Waals surface area contributed by atoms with Gasteiger partial charge < -0.3 is 14.0 Å². The summed E-state index contributed by atoms with van der Waals surface area (Å²) in [6, 6.07) is 51.4. The van der Waals surface area contributed by atoms with Gasteiger partial charge in [0.25, 0.3) is 0 Å². The van der Waals surface area contributed by atoms with Crippen LogP contribution in [0.2, 0.25) is 19.6 Å². The molecular formula is C56H55IrN3OSi-2. The third-order valence-electron chi connectivity index (χ3n) is 12.5. The van der Waals surface area contributed by atoms with E-state index in [9.17, 15) is 0 Å². The first-order valence-electron chi connectivity index (χ1n) is 22.0. The van der Waals surface area contributed by atoms with Crippen LogP contribution in [-0.2, 0) is 26.5 Å². The van der Waals surface area contributed by atoms with E-state index >= 15 is 0 Å². The molecule has 315 valence electrons. The summed E-state index contributed by atoms with van der Waals surface area (Å²) in [5, 5.41) is 3.72. The Hall–Kier alpha value is -5.39. The Morgan fingerprint density at radius 2 is 1.48 bits per heavy atom. The summed E-state index contributed by atoms with van der Waals surface area (Å²) >= 11 is 0. The van der Waals surface area contributed by atoms with Gasteiger partial charge in [0.15, 0.2) is 0 Å². The van der Waals surface area contributed by atoms with Crippen molar-refractivity contribution in [2.24, 2.45) is 5.92 Å². The first kappa shape index (κ1) is 43.3. The molecule has 4 nitrogen and oxygen atoms in total. The molecular weight excluding hydrogens is 951 g/mol. The van der Waals surface area contributed by atoms with Crippen molar-refractivity contribution in [3.8, 4) is 39.5 Å². The molecule has 10 rings (SSSR count). The first-order chi connectivity index (χ1) is 29.5. The Labute approximate surface area is 381 Å². The van der Waals surface area contributed by atoms with Crippen molar-refractivity contribution in [1.29, 1.82) is 0 Å². The number of rotatable bonds is 8. The molecule has 1 aliphatic carbocycles. The Balaban J connectivity index is 0.000000180. The van der Waals surface area contributed by atoms with Gasteiger partial charge in [0, 0.05) is 37.4 Å². The number of aromatic nitrogens is 3. The summed E-state index contributed by atoms with van der Waals surface area (Å²) in [4.78, 5) is 9.94. The van der Waals surface area contributed by atoms with Crippen LogP contribution in [0, 0.1) is 31.9 Å². The van der Waals surface area contributed by atoms with Gasteiger partial charge >= 0.3 is 0 Å². The van der Waals surface area contributed by atoms with Crippen LogP contribution in [0.1, 0.15) is 67.7 Å². The van der Waals surface area contributed by atoms with Crippen LogP contribution in [0.15, 0.2) is 138 Å². The number of fused-ring (bicyclic) bond motifs is 4. The van der Waals surface area contributed by atoms with Gasteiger partial charge in [-0.1, -0.05) is 148 Å². The molecule has 1 radical (unpaired) electrons. The van der Waals surface area contributed by atoms with Crippen molar-refractivity contribution in [1.82, 2.24) is 14.5 Å². The molecule has 0 atom stereocenters. The second-order valence-corrected chi connectivity index (χ2v) is 23.3. The third-order valence-corrected chi connectivity index (χ3v) is 14.6. The monoisotopic (exact) mass is 1010 g/mol. The van der Waals surface area contributed by atoms with Crippen molar-refractivity contribution >= 4 is 46.2 Å². The molecule has 0 spiro atoms. The topological polar surface area (TPSA) is 43.9 Å². The fraction of sp³-hybridized carbons (Fsp3) is 0.250. The Morgan fingerprint density at radius 3 is 2.19 bits per heavy atom. The third kappa shape index (κ3) is 8.66. The van der Waals surface area contributed by atoms with Crippen molar-refractivity contribution in [3.05, 3.63) is 168 Å². The predicted molar refractivity (Wildman–Crippen MR) is 259 cm³/mol. The van der Waals surface area contributed by atoms with Crippen LogP contribution < -0.4 is 5.19 Å². The van der Waals surface area contributed by atoms with E-state index in [0.29, 0.717) is 5.92 Å². The van der Waals surface area contributed by atoms with E-state index in [4.69, 9.17) is 14.4 Å². The zero-order valence-electron chi connectivity index (χ0n) is 37.0. The SMILES string of the molecule is CC(C)c1c[c-]c(-c2cc(CC3CCCC3)c([Si](C)(C)C)cn2)cc1.Cc1cc(-c2ccccc2)cc(C)c1-n1c(-c2[c-]ccc3c2oc2ccccc23)nc2ccccc21.[Ir]. The minimum absolute atomic E-state index is 0. The van der Waals surface area contributed by atoms with Gasteiger partial charge in [0.2, 0.25) is 0 Å². The first-order valence-corrected chi connectivity index (χ1v) is 25.5. The zero-order valence-corrected chi connectivity index (χ0v) is 40.4. The average molecular weight is 1010 g/mol. The van der Waals surface area contributed by atoms with E-state index in [-0.39, 0.29) is 20.1 Å². The van der Waals surface area contributed by atoms with Crippen LogP contribution in [0.3, 0.4) is 0 Å². The largest absolute Gasteiger partial charge is 0.501 e. The van der Waals surface area contributed by atoms with Gasteiger partial charge in [-0.2, -0.15) is 0 Å². The maximum absolute atomic E-state index is 6.38. The Kier molecular flexibility index (Phi) is 12.7. The van der Waals surface area contributed by atoms with Crippen LogP contribution in [0.5, 0.6) is 0 Å². The van der Waals surface area contributed by atoms with Gasteiger partial charge in [-0.25, -0.2) is 0 Å². The molecule has 1 fully saturated rings. The van der Waals surface area contributed by atoms with E-state index in [1.165, 1.54) is 59.9 Å². The zero-order chi connectivity index (χ0) is 42.3. The number of aryl methyl sites for hydroxylation is 2. The van der Waals surface area contributed by atoms with Gasteiger partial charge in [0.1, 0.15) is 5.58 Å². The fourth-order valence-corrected chi connectivity index (χ4v) is 10.9. The molecule has 0 saturated heterocycles. The molecule has 6 heteroatoms. The van der Waals surface area contributed by atoms with Gasteiger partial charge in [-0.15, -0.1) is 53.6 Å². The standard InChI is InChI=1S/C33H23N2O.C23H32NSi.Ir/c1-21-19-24(23-11-4-3-5-12-23)20-22(2)31(21)35-29-17-8-7-16-28(29)34-33(35)27-15-10-14-26-25-13-6-9-18-30(25)36-32(26)27;1-17(2)19-10-12-20(13-11-19)22-15-21(14-18-8-6-7-9-18)23(16-24-22)25(3,4)5;/h3-14,16-20H,1-2H3;10-12,15-18H,6-9,14H2,1-5H3;/q2*-1;. The van der Waals surface area contributed by atoms with Crippen LogP contribution >= 0.6 is 0 Å². The molecule has 3 aromatic heterocycles. The van der Waals surface area contributed by atoms with E-state index in [1.54, 1.807) is 10.8 Å². The molecule has 3 heterocycles. The maximum Gasteiger partial charge on any atom is 0.120 e. The molecule has 0 bridgehead atoms. The molecule has 1 saturated carbocycles. The number of hydrogen-bond acceptors (Lipinski definition) is 3. The molecule has 0 N–H and O–H groups in total. The van der Waals surface area contributed by atoms with E-state index in [2.05, 4.69) is 167 Å². The number of furan rings is 1. The van der Waals surface area contributed by atoms with E-state index in [0.717, 1.165) is 67.2 Å². The normalized spacial score (nSPS) is 13.2. The van der Waals surface area contributed by atoms with Crippen molar-refractivity contribution < 1.29 is 24.5 Å². The summed E-state index contributed by atoms with van der Waals surface area (Å²) in [5.41, 5.74) is 15.6. The summed E-state index contributed by atoms with van der Waals surface area (Å²) in [7, 11) is -1.37. The number of hydrogen-bond donors (Lipinski definition) is 0. The molecule has 0 aliphatic heterocycles. The predicted octanol–water partition coefficient (Wildman–Crippen LogP) is 14.6. The van der Waals surface area contributed by atoms with Crippen molar-refractivity contribution in [2.45, 2.75) is 85.4 Å². The second-order valence-electron chi connectivity index (χ2n) is 18.3. The van der Waals surface area contributed by atoms with Crippen LogP contribution in [0.25, 0.3) is 72.4 Å². The van der Waals surface area contributed by atoms with E-state index < -0.39 is 8.07 Å². The summed E-state index contributed by atoms with van der Waals surface area (Å²) < 4.78 is 8.65. The quantitative estimate of drug-likeness (QED) is 0.113. The maximum atomic E-state index is 6.38. The number of pyridine rings is 1. The summed E-state index contributed by atoms with van der Waals surface area (Å²) in [6.07, 6.45) is 9.04. The fourth-order valence-electron chi connectivity index (χ4n) is 9.35. The Bertz CT molecular complexity index is 2960. The van der Waals surface area contributed by atoms with Crippen molar-refractivity contribution in [3.63, 3.8) is 0 Å². The van der Waals surface area contributed by atoms with E-state index in [1.807, 2.05) is 30.3 Å². The van der Waals surface area contributed by atoms with Crippen LogP contribution in [-0.4, -0.2) is 22.6 Å². The van der Waals surface area contributed by atoms with Gasteiger partial charge in [0.05, 0.1) is 30.5 Å². The molecule has 1 aliphatic rings. The number of benzene rings is 6. The Morgan fingerprint density at radius 1 is 0.774 bits per heavy atom. The second kappa shape index (κ2) is 18.1.